The van der Waals surface area contributed by atoms with Crippen molar-refractivity contribution in [2.45, 2.75) is 27.2 Å². The largest absolute Gasteiger partial charge is 0.300 e. The Morgan fingerprint density at radius 1 is 1.28 bits per heavy atom. The number of carbonyl (C=O) groups is 2. The fraction of sp³-hybridized carbons (Fsp3) is 0.333. The van der Waals surface area contributed by atoms with E-state index in [1.807, 2.05) is 26.8 Å². The molecule has 0 unspecified atom stereocenters. The monoisotopic (exact) mass is 243 g/mol. The molecule has 1 aliphatic heterocycles. The average Bonchev–Trinajstić information content (AvgIpc) is 2.59. The van der Waals surface area contributed by atoms with Crippen LogP contribution in [-0.2, 0) is 4.79 Å². The maximum absolute atomic E-state index is 12.0. The summed E-state index contributed by atoms with van der Waals surface area (Å²) < 4.78 is 0. The minimum Gasteiger partial charge on any atom is -0.300 e. The minimum absolute atomic E-state index is 0.406. The SMILES string of the molecule is C=C(CC)CN1C(=O)C(=O)c2ccc(C)c(C)c21. The molecule has 0 N–H and O–H groups in total. The molecule has 0 aromatic heterocycles. The van der Waals surface area contributed by atoms with E-state index in [9.17, 15) is 9.59 Å². The topological polar surface area (TPSA) is 37.4 Å². The van der Waals surface area contributed by atoms with Gasteiger partial charge >= 0.3 is 0 Å². The van der Waals surface area contributed by atoms with Gasteiger partial charge < -0.3 is 4.90 Å². The van der Waals surface area contributed by atoms with Gasteiger partial charge in [0.15, 0.2) is 0 Å². The summed E-state index contributed by atoms with van der Waals surface area (Å²) in [5.41, 5.74) is 4.32. The second kappa shape index (κ2) is 4.41. The molecule has 1 aliphatic rings. The summed E-state index contributed by atoms with van der Waals surface area (Å²) in [4.78, 5) is 25.5. The number of fused-ring (bicyclic) bond motifs is 1. The number of benzene rings is 1. The quantitative estimate of drug-likeness (QED) is 0.604. The number of ketones is 1. The van der Waals surface area contributed by atoms with Gasteiger partial charge in [0.2, 0.25) is 0 Å². The molecule has 18 heavy (non-hydrogen) atoms. The zero-order valence-corrected chi connectivity index (χ0v) is 11.0. The molecular formula is C15H17NO2. The highest BCUT2D eigenvalue weighted by molar-refractivity contribution is 6.52. The third kappa shape index (κ3) is 1.76. The van der Waals surface area contributed by atoms with E-state index in [4.69, 9.17) is 0 Å². The van der Waals surface area contributed by atoms with Gasteiger partial charge in [-0.05, 0) is 37.5 Å². The summed E-state index contributed by atoms with van der Waals surface area (Å²) in [7, 11) is 0. The van der Waals surface area contributed by atoms with Gasteiger partial charge in [-0.2, -0.15) is 0 Å². The first kappa shape index (κ1) is 12.6. The Bertz CT molecular complexity index is 558. The van der Waals surface area contributed by atoms with Gasteiger partial charge in [-0.15, -0.1) is 0 Å². The van der Waals surface area contributed by atoms with Gasteiger partial charge in [-0.25, -0.2) is 0 Å². The van der Waals surface area contributed by atoms with Crippen LogP contribution in [0, 0.1) is 13.8 Å². The van der Waals surface area contributed by atoms with Crippen molar-refractivity contribution in [1.29, 1.82) is 0 Å². The number of hydrogen-bond donors (Lipinski definition) is 0. The molecule has 3 heteroatoms. The Hall–Kier alpha value is -1.90. The number of nitrogens with zero attached hydrogens (tertiary/aromatic N) is 1. The predicted octanol–water partition coefficient (Wildman–Crippen LogP) is 2.80. The fourth-order valence-corrected chi connectivity index (χ4v) is 2.16. The van der Waals surface area contributed by atoms with Crippen LogP contribution in [0.25, 0.3) is 0 Å². The van der Waals surface area contributed by atoms with Crippen molar-refractivity contribution in [2.75, 3.05) is 11.4 Å². The van der Waals surface area contributed by atoms with Crippen LogP contribution in [0.5, 0.6) is 0 Å². The molecule has 0 spiro atoms. The van der Waals surface area contributed by atoms with E-state index >= 15 is 0 Å². The second-order valence-electron chi connectivity index (χ2n) is 4.73. The predicted molar refractivity (Wildman–Crippen MR) is 72.0 cm³/mol. The van der Waals surface area contributed by atoms with Crippen LogP contribution >= 0.6 is 0 Å². The summed E-state index contributed by atoms with van der Waals surface area (Å²) in [6.45, 7) is 10.3. The first-order valence-corrected chi connectivity index (χ1v) is 6.10. The van der Waals surface area contributed by atoms with Gasteiger partial charge in [0, 0.05) is 6.54 Å². The molecule has 1 aromatic rings. The van der Waals surface area contributed by atoms with Crippen LogP contribution in [0.2, 0.25) is 0 Å². The lowest BCUT2D eigenvalue weighted by Crippen LogP contribution is -2.31. The molecule has 1 heterocycles. The molecule has 0 saturated heterocycles. The van der Waals surface area contributed by atoms with Crippen molar-refractivity contribution in [3.8, 4) is 0 Å². The molecule has 0 radical (unpaired) electrons. The van der Waals surface area contributed by atoms with Crippen molar-refractivity contribution in [1.82, 2.24) is 0 Å². The smallest absolute Gasteiger partial charge is 0.299 e. The van der Waals surface area contributed by atoms with Gasteiger partial charge in [-0.1, -0.05) is 25.1 Å². The van der Waals surface area contributed by atoms with Gasteiger partial charge in [0.1, 0.15) is 0 Å². The second-order valence-corrected chi connectivity index (χ2v) is 4.73. The van der Waals surface area contributed by atoms with Crippen LogP contribution in [0.1, 0.15) is 34.8 Å². The third-order valence-electron chi connectivity index (χ3n) is 3.54. The highest BCUT2D eigenvalue weighted by atomic mass is 16.2. The molecule has 3 nitrogen and oxygen atoms in total. The highest BCUT2D eigenvalue weighted by Crippen LogP contribution is 2.34. The van der Waals surface area contributed by atoms with Crippen LogP contribution in [-0.4, -0.2) is 18.2 Å². The number of rotatable bonds is 3. The Kier molecular flexibility index (Phi) is 3.07. The molecule has 0 saturated carbocycles. The van der Waals surface area contributed by atoms with Crippen LogP contribution in [0.3, 0.4) is 0 Å². The number of Topliss-reactive ketones (excluding diaryl/α,β-unsaturated/α-hetero) is 1. The van der Waals surface area contributed by atoms with E-state index in [2.05, 4.69) is 6.58 Å². The van der Waals surface area contributed by atoms with E-state index in [-0.39, 0.29) is 0 Å². The normalized spacial score (nSPS) is 14.1. The molecule has 1 aromatic carbocycles. The Morgan fingerprint density at radius 2 is 1.94 bits per heavy atom. The lowest BCUT2D eigenvalue weighted by atomic mass is 10.0. The Labute approximate surface area is 107 Å². The zero-order valence-electron chi connectivity index (χ0n) is 11.0. The summed E-state index contributed by atoms with van der Waals surface area (Å²) >= 11 is 0. The van der Waals surface area contributed by atoms with Gasteiger partial charge in [0.05, 0.1) is 11.3 Å². The zero-order chi connectivity index (χ0) is 13.4. The van der Waals surface area contributed by atoms with Gasteiger partial charge in [-0.3, -0.25) is 9.59 Å². The van der Waals surface area contributed by atoms with Crippen LogP contribution < -0.4 is 4.90 Å². The Balaban J connectivity index is 2.53. The number of amides is 1. The third-order valence-corrected chi connectivity index (χ3v) is 3.54. The standard InChI is InChI=1S/C15H17NO2/c1-5-9(2)8-16-13-11(4)10(3)6-7-12(13)14(17)15(16)18/h6-7H,2,5,8H2,1,3-4H3. The van der Waals surface area contributed by atoms with Crippen molar-refractivity contribution in [2.24, 2.45) is 0 Å². The lowest BCUT2D eigenvalue weighted by Gasteiger charge is -2.20. The number of aryl methyl sites for hydroxylation is 1. The molecule has 0 fully saturated rings. The fourth-order valence-electron chi connectivity index (χ4n) is 2.16. The van der Waals surface area contributed by atoms with Crippen molar-refractivity contribution in [3.63, 3.8) is 0 Å². The first-order chi connectivity index (χ1) is 8.47. The molecule has 0 aliphatic carbocycles. The molecule has 0 atom stereocenters. The van der Waals surface area contributed by atoms with E-state index < -0.39 is 11.7 Å². The van der Waals surface area contributed by atoms with Crippen LogP contribution in [0.15, 0.2) is 24.3 Å². The van der Waals surface area contributed by atoms with Crippen molar-refractivity contribution in [3.05, 3.63) is 41.0 Å². The van der Waals surface area contributed by atoms with E-state index in [0.29, 0.717) is 12.1 Å². The summed E-state index contributed by atoms with van der Waals surface area (Å²) in [5.74, 6) is -0.842. The molecule has 0 bridgehead atoms. The maximum Gasteiger partial charge on any atom is 0.299 e. The maximum atomic E-state index is 12.0. The summed E-state index contributed by atoms with van der Waals surface area (Å²) in [5, 5.41) is 0. The van der Waals surface area contributed by atoms with Crippen molar-refractivity contribution < 1.29 is 9.59 Å². The molecule has 1 amide bonds. The summed E-state index contributed by atoms with van der Waals surface area (Å²) in [6, 6.07) is 3.63. The van der Waals surface area contributed by atoms with E-state index in [1.165, 1.54) is 0 Å². The number of anilines is 1. The number of hydrogen-bond acceptors (Lipinski definition) is 2. The first-order valence-electron chi connectivity index (χ1n) is 6.10. The van der Waals surface area contributed by atoms with Gasteiger partial charge in [0.25, 0.3) is 11.7 Å². The van der Waals surface area contributed by atoms with Crippen molar-refractivity contribution >= 4 is 17.4 Å². The highest BCUT2D eigenvalue weighted by Gasteiger charge is 2.37. The van der Waals surface area contributed by atoms with E-state index in [0.717, 1.165) is 28.8 Å². The molecular weight excluding hydrogens is 226 g/mol. The lowest BCUT2D eigenvalue weighted by molar-refractivity contribution is -0.114. The minimum atomic E-state index is -0.437. The van der Waals surface area contributed by atoms with Crippen LogP contribution in [0.4, 0.5) is 5.69 Å². The molecule has 2 rings (SSSR count). The average molecular weight is 243 g/mol. The molecule has 94 valence electrons. The Morgan fingerprint density at radius 3 is 2.56 bits per heavy atom. The summed E-state index contributed by atoms with van der Waals surface area (Å²) in [6.07, 6.45) is 0.804. The number of carbonyl (C=O) groups excluding carboxylic acids is 2. The van der Waals surface area contributed by atoms with E-state index in [1.54, 1.807) is 11.0 Å².